The van der Waals surface area contributed by atoms with Gasteiger partial charge in [0.2, 0.25) is 0 Å². The number of aromatic nitrogens is 1. The van der Waals surface area contributed by atoms with Gasteiger partial charge in [-0.1, -0.05) is 0 Å². The quantitative estimate of drug-likeness (QED) is 0.817. The standard InChI is InChI=1S/C11H10N2O4S3/c1-18-8-4-2-7(3-5-8)13-20(16,17)11-9(10(14)15)12-6-19-11/h2-6,13H,1H3,(H,14,15). The SMILES string of the molecule is CSc1ccc(NS(=O)(=O)c2scnc2C(=O)O)cc1. The number of thioether (sulfide) groups is 1. The molecule has 0 radical (unpaired) electrons. The molecule has 9 heteroatoms. The molecule has 0 saturated heterocycles. The van der Waals surface area contributed by atoms with Gasteiger partial charge in [0, 0.05) is 10.6 Å². The van der Waals surface area contributed by atoms with Crippen molar-refractivity contribution in [2.24, 2.45) is 0 Å². The maximum Gasteiger partial charge on any atom is 0.356 e. The highest BCUT2D eigenvalue weighted by Crippen LogP contribution is 2.24. The molecule has 0 saturated carbocycles. The molecule has 0 fully saturated rings. The molecule has 0 unspecified atom stereocenters. The summed E-state index contributed by atoms with van der Waals surface area (Å²) in [5.41, 5.74) is 1.09. The van der Waals surface area contributed by atoms with E-state index in [1.54, 1.807) is 24.3 Å². The zero-order valence-corrected chi connectivity index (χ0v) is 12.7. The highest BCUT2D eigenvalue weighted by Gasteiger charge is 2.25. The maximum absolute atomic E-state index is 12.1. The van der Waals surface area contributed by atoms with E-state index < -0.39 is 21.7 Å². The molecule has 2 rings (SSSR count). The van der Waals surface area contributed by atoms with Gasteiger partial charge in [-0.15, -0.1) is 23.1 Å². The van der Waals surface area contributed by atoms with Gasteiger partial charge in [-0.25, -0.2) is 18.2 Å². The molecule has 0 atom stereocenters. The first-order valence-electron chi connectivity index (χ1n) is 5.27. The van der Waals surface area contributed by atoms with Crippen molar-refractivity contribution in [3.63, 3.8) is 0 Å². The second-order valence-electron chi connectivity index (χ2n) is 3.63. The molecule has 0 aliphatic carbocycles. The Balaban J connectivity index is 2.30. The number of carboxylic acids is 1. The van der Waals surface area contributed by atoms with Crippen LogP contribution in [-0.4, -0.2) is 30.7 Å². The number of aromatic carboxylic acids is 1. The van der Waals surface area contributed by atoms with Crippen molar-refractivity contribution in [1.82, 2.24) is 4.98 Å². The molecule has 2 aromatic rings. The lowest BCUT2D eigenvalue weighted by atomic mass is 10.3. The number of rotatable bonds is 5. The third kappa shape index (κ3) is 3.11. The molecule has 1 heterocycles. The molecule has 0 bridgehead atoms. The first kappa shape index (κ1) is 14.8. The minimum Gasteiger partial charge on any atom is -0.476 e. The average molecular weight is 330 g/mol. The summed E-state index contributed by atoms with van der Waals surface area (Å²) in [5.74, 6) is -1.37. The summed E-state index contributed by atoms with van der Waals surface area (Å²) in [7, 11) is -3.95. The van der Waals surface area contributed by atoms with Crippen molar-refractivity contribution in [1.29, 1.82) is 0 Å². The van der Waals surface area contributed by atoms with Crippen LogP contribution < -0.4 is 4.72 Å². The van der Waals surface area contributed by atoms with E-state index in [2.05, 4.69) is 9.71 Å². The third-order valence-corrected chi connectivity index (χ3v) is 5.82. The summed E-state index contributed by atoms with van der Waals surface area (Å²) in [6, 6.07) is 6.77. The van der Waals surface area contributed by atoms with Gasteiger partial charge < -0.3 is 5.11 Å². The lowest BCUT2D eigenvalue weighted by Crippen LogP contribution is -2.15. The van der Waals surface area contributed by atoms with Crippen LogP contribution >= 0.6 is 23.1 Å². The monoisotopic (exact) mass is 330 g/mol. The second-order valence-corrected chi connectivity index (χ2v) is 7.24. The van der Waals surface area contributed by atoms with E-state index in [1.165, 1.54) is 17.3 Å². The Labute approximate surface area is 123 Å². The van der Waals surface area contributed by atoms with Crippen LogP contribution in [0.4, 0.5) is 5.69 Å². The van der Waals surface area contributed by atoms with Gasteiger partial charge in [-0.05, 0) is 30.5 Å². The Morgan fingerprint density at radius 3 is 2.55 bits per heavy atom. The van der Waals surface area contributed by atoms with Gasteiger partial charge in [0.1, 0.15) is 0 Å². The fraction of sp³-hybridized carbons (Fsp3) is 0.0909. The number of thiazole rings is 1. The van der Waals surface area contributed by atoms with Crippen molar-refractivity contribution in [3.05, 3.63) is 35.5 Å². The Kier molecular flexibility index (Phi) is 4.31. The van der Waals surface area contributed by atoms with Gasteiger partial charge in [0.25, 0.3) is 10.0 Å². The topological polar surface area (TPSA) is 96.4 Å². The number of sulfonamides is 1. The molecular formula is C11H10N2O4S3. The molecule has 20 heavy (non-hydrogen) atoms. The minimum absolute atomic E-state index is 0.307. The highest BCUT2D eigenvalue weighted by atomic mass is 32.2. The van der Waals surface area contributed by atoms with Crippen LogP contribution in [0.25, 0.3) is 0 Å². The molecule has 1 aromatic heterocycles. The molecule has 106 valence electrons. The van der Waals surface area contributed by atoms with Gasteiger partial charge >= 0.3 is 5.97 Å². The van der Waals surface area contributed by atoms with Crippen molar-refractivity contribution in [2.75, 3.05) is 11.0 Å². The summed E-state index contributed by atoms with van der Waals surface area (Å²) in [4.78, 5) is 15.5. The maximum atomic E-state index is 12.1. The van der Waals surface area contributed by atoms with Crippen LogP contribution in [-0.2, 0) is 10.0 Å². The number of hydrogen-bond acceptors (Lipinski definition) is 6. The Bertz CT molecular complexity index is 722. The van der Waals surface area contributed by atoms with Gasteiger partial charge in [-0.3, -0.25) is 4.72 Å². The Morgan fingerprint density at radius 2 is 2.00 bits per heavy atom. The van der Waals surface area contributed by atoms with Crippen LogP contribution in [0.3, 0.4) is 0 Å². The number of carboxylic acid groups (broad SMARTS) is 1. The number of hydrogen-bond donors (Lipinski definition) is 2. The average Bonchev–Trinajstić information content (AvgIpc) is 2.89. The van der Waals surface area contributed by atoms with E-state index in [9.17, 15) is 13.2 Å². The van der Waals surface area contributed by atoms with Crippen molar-refractivity contribution >= 4 is 44.8 Å². The third-order valence-electron chi connectivity index (χ3n) is 2.32. The molecule has 0 amide bonds. The normalized spacial score (nSPS) is 11.2. The number of nitrogens with one attached hydrogen (secondary N) is 1. The number of nitrogens with zero attached hydrogens (tertiary/aromatic N) is 1. The summed E-state index contributed by atoms with van der Waals surface area (Å²) in [6.45, 7) is 0. The Morgan fingerprint density at radius 1 is 1.35 bits per heavy atom. The predicted molar refractivity (Wildman–Crippen MR) is 78.1 cm³/mol. The van der Waals surface area contributed by atoms with Crippen LogP contribution in [0.5, 0.6) is 0 Å². The largest absolute Gasteiger partial charge is 0.476 e. The first-order chi connectivity index (χ1) is 9.44. The molecule has 0 spiro atoms. The van der Waals surface area contributed by atoms with Gasteiger partial charge in [0.05, 0.1) is 5.51 Å². The van der Waals surface area contributed by atoms with E-state index in [4.69, 9.17) is 5.11 Å². The van der Waals surface area contributed by atoms with Crippen molar-refractivity contribution < 1.29 is 18.3 Å². The van der Waals surface area contributed by atoms with E-state index >= 15 is 0 Å². The lowest BCUT2D eigenvalue weighted by molar-refractivity contribution is 0.0687. The van der Waals surface area contributed by atoms with E-state index in [0.717, 1.165) is 16.2 Å². The summed E-state index contributed by atoms with van der Waals surface area (Å²) >= 11 is 2.30. The second kappa shape index (κ2) is 5.81. The molecule has 0 aliphatic rings. The molecule has 0 aliphatic heterocycles. The van der Waals surface area contributed by atoms with Crippen molar-refractivity contribution in [3.8, 4) is 0 Å². The summed E-state index contributed by atoms with van der Waals surface area (Å²) in [6.07, 6.45) is 1.91. The predicted octanol–water partition coefficient (Wildman–Crippen LogP) is 2.36. The van der Waals surface area contributed by atoms with Gasteiger partial charge in [0.15, 0.2) is 9.90 Å². The highest BCUT2D eigenvalue weighted by molar-refractivity contribution is 7.98. The zero-order chi connectivity index (χ0) is 14.8. The van der Waals surface area contributed by atoms with Crippen LogP contribution in [0.2, 0.25) is 0 Å². The fourth-order valence-corrected chi connectivity index (χ4v) is 4.04. The van der Waals surface area contributed by atoms with Gasteiger partial charge in [-0.2, -0.15) is 0 Å². The van der Waals surface area contributed by atoms with E-state index in [0.29, 0.717) is 5.69 Å². The minimum atomic E-state index is -3.95. The number of carbonyl (C=O) groups is 1. The van der Waals surface area contributed by atoms with Crippen molar-refractivity contribution in [2.45, 2.75) is 9.10 Å². The number of anilines is 1. The molecular weight excluding hydrogens is 320 g/mol. The smallest absolute Gasteiger partial charge is 0.356 e. The molecule has 2 N–H and O–H groups in total. The summed E-state index contributed by atoms with van der Waals surface area (Å²) < 4.78 is 26.3. The van der Waals surface area contributed by atoms with E-state index in [-0.39, 0.29) is 4.21 Å². The summed E-state index contributed by atoms with van der Waals surface area (Å²) in [5, 5.41) is 8.90. The lowest BCUT2D eigenvalue weighted by Gasteiger charge is -2.07. The van der Waals surface area contributed by atoms with Crippen LogP contribution in [0, 0.1) is 0 Å². The van der Waals surface area contributed by atoms with Crippen LogP contribution in [0.1, 0.15) is 10.5 Å². The molecule has 1 aromatic carbocycles. The van der Waals surface area contributed by atoms with Crippen LogP contribution in [0.15, 0.2) is 38.9 Å². The fourth-order valence-electron chi connectivity index (χ4n) is 1.43. The first-order valence-corrected chi connectivity index (χ1v) is 8.86. The Hall–Kier alpha value is -1.58. The zero-order valence-electron chi connectivity index (χ0n) is 10.2. The molecule has 6 nitrogen and oxygen atoms in total. The number of benzene rings is 1. The van der Waals surface area contributed by atoms with E-state index in [1.807, 2.05) is 6.26 Å².